The first-order valence-corrected chi connectivity index (χ1v) is 6.67. The summed E-state index contributed by atoms with van der Waals surface area (Å²) in [5.41, 5.74) is 1.23. The summed E-state index contributed by atoms with van der Waals surface area (Å²) in [6.45, 7) is 1.24. The van der Waals surface area contributed by atoms with Gasteiger partial charge in [0.2, 0.25) is 0 Å². The molecule has 0 bridgehead atoms. The lowest BCUT2D eigenvalue weighted by Crippen LogP contribution is -2.31. The van der Waals surface area contributed by atoms with E-state index in [0.717, 1.165) is 5.56 Å². The number of amides is 2. The van der Waals surface area contributed by atoms with Crippen molar-refractivity contribution in [3.05, 3.63) is 66.0 Å². The van der Waals surface area contributed by atoms with Gasteiger partial charge in [0.25, 0.3) is 0 Å². The Labute approximate surface area is 122 Å². The Bertz CT molecular complexity index is 575. The highest BCUT2D eigenvalue weighted by Gasteiger charge is 2.04. The Morgan fingerprint density at radius 1 is 1.05 bits per heavy atom. The van der Waals surface area contributed by atoms with Gasteiger partial charge in [-0.05, 0) is 17.7 Å². The molecule has 0 radical (unpaired) electrons. The maximum atomic E-state index is 13.3. The number of anilines is 1. The minimum absolute atomic E-state index is 0.153. The molecule has 2 aromatic carbocycles. The standard InChI is InChI=1S/C16H17FN2O2/c17-14-8-4-5-9-15(14)19-16(20)18-10-11-21-12-13-6-2-1-3-7-13/h1-9H,10-12H2,(H2,18,19,20). The summed E-state index contributed by atoms with van der Waals surface area (Å²) in [5.74, 6) is -0.465. The van der Waals surface area contributed by atoms with E-state index in [9.17, 15) is 9.18 Å². The number of para-hydroxylation sites is 1. The molecule has 0 aliphatic rings. The van der Waals surface area contributed by atoms with Gasteiger partial charge in [0, 0.05) is 6.54 Å². The van der Waals surface area contributed by atoms with E-state index >= 15 is 0 Å². The van der Waals surface area contributed by atoms with Crippen LogP contribution in [0.1, 0.15) is 5.56 Å². The third-order valence-electron chi connectivity index (χ3n) is 2.77. The summed E-state index contributed by atoms with van der Waals surface area (Å²) in [5, 5.41) is 5.04. The Morgan fingerprint density at radius 3 is 2.52 bits per heavy atom. The van der Waals surface area contributed by atoms with Gasteiger partial charge in [0.05, 0.1) is 18.9 Å². The lowest BCUT2D eigenvalue weighted by atomic mass is 10.2. The lowest BCUT2D eigenvalue weighted by Gasteiger charge is -2.08. The van der Waals surface area contributed by atoms with E-state index in [2.05, 4.69) is 10.6 Å². The molecule has 2 rings (SSSR count). The van der Waals surface area contributed by atoms with Gasteiger partial charge >= 0.3 is 6.03 Å². The molecular formula is C16H17FN2O2. The highest BCUT2D eigenvalue weighted by molar-refractivity contribution is 5.89. The first-order chi connectivity index (χ1) is 10.3. The average Bonchev–Trinajstić information content (AvgIpc) is 2.50. The van der Waals surface area contributed by atoms with Crippen LogP contribution in [0.3, 0.4) is 0 Å². The molecule has 0 fully saturated rings. The number of carbonyl (C=O) groups excluding carboxylic acids is 1. The van der Waals surface area contributed by atoms with E-state index < -0.39 is 11.8 Å². The van der Waals surface area contributed by atoms with E-state index in [1.54, 1.807) is 12.1 Å². The zero-order valence-electron chi connectivity index (χ0n) is 11.5. The normalized spacial score (nSPS) is 10.1. The second kappa shape index (κ2) is 8.01. The number of ether oxygens (including phenoxy) is 1. The molecule has 110 valence electrons. The molecule has 2 aromatic rings. The van der Waals surface area contributed by atoms with Crippen LogP contribution in [-0.4, -0.2) is 19.2 Å². The second-order valence-electron chi connectivity index (χ2n) is 4.40. The van der Waals surface area contributed by atoms with Crippen LogP contribution in [0, 0.1) is 5.82 Å². The van der Waals surface area contributed by atoms with Crippen molar-refractivity contribution in [1.82, 2.24) is 5.32 Å². The van der Waals surface area contributed by atoms with Gasteiger partial charge < -0.3 is 15.4 Å². The highest BCUT2D eigenvalue weighted by atomic mass is 19.1. The largest absolute Gasteiger partial charge is 0.375 e. The van der Waals surface area contributed by atoms with Crippen molar-refractivity contribution < 1.29 is 13.9 Å². The molecular weight excluding hydrogens is 271 g/mol. The number of nitrogens with one attached hydrogen (secondary N) is 2. The molecule has 0 spiro atoms. The number of halogens is 1. The molecule has 21 heavy (non-hydrogen) atoms. The van der Waals surface area contributed by atoms with E-state index in [0.29, 0.717) is 19.8 Å². The van der Waals surface area contributed by atoms with Crippen LogP contribution in [0.2, 0.25) is 0 Å². The smallest absolute Gasteiger partial charge is 0.319 e. The molecule has 2 N–H and O–H groups in total. The van der Waals surface area contributed by atoms with Crippen LogP contribution in [0.5, 0.6) is 0 Å². The monoisotopic (exact) mass is 288 g/mol. The zero-order chi connectivity index (χ0) is 14.9. The number of urea groups is 1. The van der Waals surface area contributed by atoms with E-state index in [-0.39, 0.29) is 5.69 Å². The molecule has 5 heteroatoms. The predicted octanol–water partition coefficient (Wildman–Crippen LogP) is 3.16. The Balaban J connectivity index is 1.63. The third-order valence-corrected chi connectivity index (χ3v) is 2.77. The summed E-state index contributed by atoms with van der Waals surface area (Å²) < 4.78 is 18.7. The van der Waals surface area contributed by atoms with Gasteiger partial charge in [-0.3, -0.25) is 0 Å². The quantitative estimate of drug-likeness (QED) is 0.802. The lowest BCUT2D eigenvalue weighted by molar-refractivity contribution is 0.124. The van der Waals surface area contributed by atoms with Crippen LogP contribution >= 0.6 is 0 Å². The van der Waals surface area contributed by atoms with Crippen molar-refractivity contribution in [3.63, 3.8) is 0 Å². The number of benzene rings is 2. The average molecular weight is 288 g/mol. The fourth-order valence-electron chi connectivity index (χ4n) is 1.73. The molecule has 0 unspecified atom stereocenters. The number of hydrogen-bond acceptors (Lipinski definition) is 2. The second-order valence-corrected chi connectivity index (χ2v) is 4.40. The van der Waals surface area contributed by atoms with Crippen molar-refractivity contribution in [2.24, 2.45) is 0 Å². The zero-order valence-corrected chi connectivity index (χ0v) is 11.5. The molecule has 0 saturated carbocycles. The van der Waals surface area contributed by atoms with Crippen LogP contribution < -0.4 is 10.6 Å². The SMILES string of the molecule is O=C(NCCOCc1ccccc1)Nc1ccccc1F. The minimum atomic E-state index is -0.465. The fourth-order valence-corrected chi connectivity index (χ4v) is 1.73. The van der Waals surface area contributed by atoms with E-state index in [4.69, 9.17) is 4.74 Å². The minimum Gasteiger partial charge on any atom is -0.375 e. The predicted molar refractivity (Wildman–Crippen MR) is 79.5 cm³/mol. The molecule has 0 aliphatic carbocycles. The van der Waals surface area contributed by atoms with Gasteiger partial charge in [0.15, 0.2) is 0 Å². The van der Waals surface area contributed by atoms with Crippen molar-refractivity contribution in [2.45, 2.75) is 6.61 Å². The Hall–Kier alpha value is -2.40. The topological polar surface area (TPSA) is 50.4 Å². The molecule has 0 heterocycles. The van der Waals surface area contributed by atoms with Crippen LogP contribution in [0.4, 0.5) is 14.9 Å². The van der Waals surface area contributed by atoms with E-state index in [1.165, 1.54) is 12.1 Å². The van der Waals surface area contributed by atoms with Crippen LogP contribution in [-0.2, 0) is 11.3 Å². The fraction of sp³-hybridized carbons (Fsp3) is 0.188. The number of carbonyl (C=O) groups is 1. The Morgan fingerprint density at radius 2 is 1.76 bits per heavy atom. The van der Waals surface area contributed by atoms with Gasteiger partial charge in [-0.15, -0.1) is 0 Å². The summed E-state index contributed by atoms with van der Waals surface area (Å²) >= 11 is 0. The van der Waals surface area contributed by atoms with Gasteiger partial charge in [0.1, 0.15) is 5.82 Å². The van der Waals surface area contributed by atoms with Crippen molar-refractivity contribution in [2.75, 3.05) is 18.5 Å². The van der Waals surface area contributed by atoms with Crippen LogP contribution in [0.15, 0.2) is 54.6 Å². The van der Waals surface area contributed by atoms with Crippen molar-refractivity contribution in [1.29, 1.82) is 0 Å². The maximum absolute atomic E-state index is 13.3. The van der Waals surface area contributed by atoms with Crippen molar-refractivity contribution >= 4 is 11.7 Å². The van der Waals surface area contributed by atoms with E-state index in [1.807, 2.05) is 30.3 Å². The summed E-state index contributed by atoms with van der Waals surface area (Å²) in [6, 6.07) is 15.3. The van der Waals surface area contributed by atoms with Crippen molar-refractivity contribution in [3.8, 4) is 0 Å². The first-order valence-electron chi connectivity index (χ1n) is 6.67. The van der Waals surface area contributed by atoms with Gasteiger partial charge in [-0.25, -0.2) is 9.18 Å². The summed E-state index contributed by atoms with van der Waals surface area (Å²) in [6.07, 6.45) is 0. The number of rotatable bonds is 6. The molecule has 2 amide bonds. The molecule has 0 saturated heterocycles. The van der Waals surface area contributed by atoms with Gasteiger partial charge in [-0.2, -0.15) is 0 Å². The Kier molecular flexibility index (Phi) is 5.72. The summed E-state index contributed by atoms with van der Waals surface area (Å²) in [7, 11) is 0. The molecule has 0 aromatic heterocycles. The first kappa shape index (κ1) is 15.0. The third kappa shape index (κ3) is 5.24. The number of hydrogen-bond donors (Lipinski definition) is 2. The summed E-state index contributed by atoms with van der Waals surface area (Å²) in [4.78, 5) is 11.6. The van der Waals surface area contributed by atoms with Crippen LogP contribution in [0.25, 0.3) is 0 Å². The molecule has 0 aliphatic heterocycles. The highest BCUT2D eigenvalue weighted by Crippen LogP contribution is 2.11. The molecule has 4 nitrogen and oxygen atoms in total. The van der Waals surface area contributed by atoms with Gasteiger partial charge in [-0.1, -0.05) is 42.5 Å². The maximum Gasteiger partial charge on any atom is 0.319 e. The molecule has 0 atom stereocenters.